The van der Waals surface area contributed by atoms with Crippen molar-refractivity contribution < 1.29 is 19.0 Å². The molecule has 5 heterocycles. The average molecular weight is 783 g/mol. The Bertz CT molecular complexity index is 1900. The van der Waals surface area contributed by atoms with Crippen LogP contribution in [0, 0.1) is 0 Å². The maximum absolute atomic E-state index is 13.4. The van der Waals surface area contributed by atoms with Gasteiger partial charge in [0.2, 0.25) is 0 Å². The molecule has 2 aliphatic heterocycles. The molecule has 296 valence electrons. The summed E-state index contributed by atoms with van der Waals surface area (Å²) >= 11 is 0. The Morgan fingerprint density at radius 1 is 0.891 bits per heavy atom. The zero-order valence-electron chi connectivity index (χ0n) is 34.6. The van der Waals surface area contributed by atoms with Gasteiger partial charge in [-0.05, 0) is 64.6 Å². The number of aromatic nitrogens is 4. The van der Waals surface area contributed by atoms with Crippen molar-refractivity contribution in [3.63, 3.8) is 0 Å². The van der Waals surface area contributed by atoms with E-state index in [1.165, 1.54) is 0 Å². The van der Waals surface area contributed by atoms with Gasteiger partial charge in [0.15, 0.2) is 5.65 Å². The zero-order chi connectivity index (χ0) is 39.5. The van der Waals surface area contributed by atoms with Crippen LogP contribution < -0.4 is 4.90 Å². The van der Waals surface area contributed by atoms with Gasteiger partial charge in [0, 0.05) is 75.8 Å². The normalized spacial score (nSPS) is 18.9. The highest BCUT2D eigenvalue weighted by atomic mass is 28.3. The summed E-state index contributed by atoms with van der Waals surface area (Å²) in [5.74, 6) is 0.967. The molecule has 3 atom stereocenters. The number of benzene rings is 1. The SMILES string of the molecule is C=Cc1c([C@H]2C[C@H]3CC[C@@H](C2)N3C(=O)OC(C)(C)C)nc2c(-c3ccc(-c4ccccc4)nc3)cnn2c1N(COCC[Si](C)(C)C)COCC[Si](C)(C)C. The fraction of sp³-hybridized carbons (Fsp3) is 0.535. The van der Waals surface area contributed by atoms with Gasteiger partial charge >= 0.3 is 6.09 Å². The van der Waals surface area contributed by atoms with Crippen LogP contribution in [0.5, 0.6) is 0 Å². The minimum Gasteiger partial charge on any atom is -0.444 e. The Hall–Kier alpha value is -3.85. The minimum absolute atomic E-state index is 0.0859. The summed E-state index contributed by atoms with van der Waals surface area (Å²) in [5, 5.41) is 5.01. The molecule has 0 spiro atoms. The average Bonchev–Trinajstić information content (AvgIpc) is 3.66. The summed E-state index contributed by atoms with van der Waals surface area (Å²) in [6.45, 7) is 26.4. The molecule has 2 aliphatic rings. The van der Waals surface area contributed by atoms with Crippen LogP contribution in [0.4, 0.5) is 10.6 Å². The number of hydrogen-bond donors (Lipinski definition) is 0. The number of ether oxygens (including phenoxy) is 3. The summed E-state index contributed by atoms with van der Waals surface area (Å²) in [4.78, 5) is 28.0. The third kappa shape index (κ3) is 10.1. The second-order valence-electron chi connectivity index (χ2n) is 18.7. The largest absolute Gasteiger partial charge is 0.444 e. The zero-order valence-corrected chi connectivity index (χ0v) is 36.6. The highest BCUT2D eigenvalue weighted by molar-refractivity contribution is 6.76. The maximum atomic E-state index is 13.4. The van der Waals surface area contributed by atoms with Gasteiger partial charge in [-0.15, -0.1) is 0 Å². The molecule has 4 aromatic rings. The predicted molar refractivity (Wildman–Crippen MR) is 229 cm³/mol. The van der Waals surface area contributed by atoms with E-state index in [2.05, 4.69) is 75.0 Å². The Balaban J connectivity index is 1.42. The lowest BCUT2D eigenvalue weighted by Crippen LogP contribution is -2.48. The first-order chi connectivity index (χ1) is 26.0. The van der Waals surface area contributed by atoms with E-state index < -0.39 is 21.7 Å². The van der Waals surface area contributed by atoms with Crippen LogP contribution in [0.3, 0.4) is 0 Å². The third-order valence-corrected chi connectivity index (χ3v) is 14.0. The molecule has 1 aromatic carbocycles. The molecular weight excluding hydrogens is 721 g/mol. The van der Waals surface area contributed by atoms with Crippen LogP contribution in [-0.2, 0) is 14.2 Å². The van der Waals surface area contributed by atoms with Gasteiger partial charge in [-0.1, -0.05) is 88.3 Å². The summed E-state index contributed by atoms with van der Waals surface area (Å²) in [5.41, 5.74) is 5.93. The van der Waals surface area contributed by atoms with Gasteiger partial charge in [-0.3, -0.25) is 4.98 Å². The van der Waals surface area contributed by atoms with Crippen LogP contribution in [0.1, 0.15) is 63.6 Å². The quantitative estimate of drug-likeness (QED) is 0.0669. The number of carbonyl (C=O) groups is 1. The van der Waals surface area contributed by atoms with Crippen molar-refractivity contribution in [3.05, 3.63) is 72.7 Å². The second kappa shape index (κ2) is 16.7. The van der Waals surface area contributed by atoms with E-state index in [0.29, 0.717) is 26.7 Å². The van der Waals surface area contributed by atoms with Crippen LogP contribution >= 0.6 is 0 Å². The Kier molecular flexibility index (Phi) is 12.4. The molecule has 0 saturated carbocycles. The number of fused-ring (bicyclic) bond motifs is 3. The van der Waals surface area contributed by atoms with Gasteiger partial charge in [0.05, 0.1) is 17.6 Å². The number of piperidine rings is 1. The van der Waals surface area contributed by atoms with Gasteiger partial charge in [-0.2, -0.15) is 9.61 Å². The van der Waals surface area contributed by atoms with Crippen molar-refractivity contribution >= 4 is 39.8 Å². The molecule has 55 heavy (non-hydrogen) atoms. The molecular formula is C43H62N6O4Si2. The van der Waals surface area contributed by atoms with Crippen molar-refractivity contribution in [2.75, 3.05) is 31.6 Å². The Morgan fingerprint density at radius 3 is 2.04 bits per heavy atom. The lowest BCUT2D eigenvalue weighted by molar-refractivity contribution is 0.00568. The molecule has 1 amide bonds. The van der Waals surface area contributed by atoms with E-state index in [1.54, 1.807) is 0 Å². The predicted octanol–water partition coefficient (Wildman–Crippen LogP) is 10.2. The number of pyridine rings is 1. The Labute approximate surface area is 330 Å². The first-order valence-electron chi connectivity index (χ1n) is 20.0. The molecule has 0 radical (unpaired) electrons. The van der Waals surface area contributed by atoms with Gasteiger partial charge in [0.25, 0.3) is 0 Å². The summed E-state index contributed by atoms with van der Waals surface area (Å²) in [6, 6.07) is 16.7. The summed E-state index contributed by atoms with van der Waals surface area (Å²) < 4.78 is 20.7. The molecule has 0 aliphatic carbocycles. The molecule has 3 aromatic heterocycles. The van der Waals surface area contributed by atoms with E-state index in [-0.39, 0.29) is 24.1 Å². The second-order valence-corrected chi connectivity index (χ2v) is 29.9. The van der Waals surface area contributed by atoms with Crippen LogP contribution in [0.25, 0.3) is 34.1 Å². The van der Waals surface area contributed by atoms with Crippen LogP contribution in [-0.4, -0.2) is 91.1 Å². The molecule has 6 rings (SSSR count). The van der Waals surface area contributed by atoms with Crippen LogP contribution in [0.15, 0.2) is 61.4 Å². The van der Waals surface area contributed by atoms with Crippen molar-refractivity contribution in [1.29, 1.82) is 0 Å². The van der Waals surface area contributed by atoms with E-state index in [4.69, 9.17) is 29.3 Å². The summed E-state index contributed by atoms with van der Waals surface area (Å²) in [7, 11) is -2.61. The fourth-order valence-electron chi connectivity index (χ4n) is 7.63. The minimum atomic E-state index is -1.30. The van der Waals surface area contributed by atoms with E-state index in [9.17, 15) is 4.79 Å². The highest BCUT2D eigenvalue weighted by Crippen LogP contribution is 2.46. The highest BCUT2D eigenvalue weighted by Gasteiger charge is 2.46. The van der Waals surface area contributed by atoms with Crippen molar-refractivity contribution in [3.8, 4) is 22.4 Å². The first kappa shape index (κ1) is 40.8. The third-order valence-electron chi connectivity index (χ3n) is 10.5. The molecule has 2 fully saturated rings. The fourth-order valence-corrected chi connectivity index (χ4v) is 9.15. The van der Waals surface area contributed by atoms with Gasteiger partial charge in [-0.25, -0.2) is 9.78 Å². The van der Waals surface area contributed by atoms with Crippen molar-refractivity contribution in [2.24, 2.45) is 0 Å². The van der Waals surface area contributed by atoms with Crippen LogP contribution in [0.2, 0.25) is 51.4 Å². The number of nitrogens with zero attached hydrogens (tertiary/aromatic N) is 6. The lowest BCUT2D eigenvalue weighted by Gasteiger charge is -2.40. The van der Waals surface area contributed by atoms with E-state index in [0.717, 1.165) is 82.9 Å². The lowest BCUT2D eigenvalue weighted by atomic mass is 9.86. The standard InChI is InChI=1S/C43H62N6O4Si2/c1-11-36-39(33-25-34-18-19-35(26-33)48(34)42(50)53-43(2,3)4)46-40-37(32-17-20-38(44-27-32)31-15-13-12-14-16-31)28-45-49(40)41(36)47(29-51-21-23-54(5,6)7)30-52-22-24-55(8,9)10/h11-17,20,27-28,33-35H,1,18-19,21-26,29-30H2,2-10H3/t33-,34+,35-. The van der Waals surface area contributed by atoms with Gasteiger partial charge < -0.3 is 24.0 Å². The smallest absolute Gasteiger partial charge is 0.410 e. The van der Waals surface area contributed by atoms with Crippen molar-refractivity contribution in [1.82, 2.24) is 24.5 Å². The first-order valence-corrected chi connectivity index (χ1v) is 27.4. The maximum Gasteiger partial charge on any atom is 0.410 e. The van der Waals surface area contributed by atoms with E-state index >= 15 is 0 Å². The monoisotopic (exact) mass is 782 g/mol. The van der Waals surface area contributed by atoms with E-state index in [1.807, 2.05) is 66.9 Å². The molecule has 0 unspecified atom stereocenters. The molecule has 10 nitrogen and oxygen atoms in total. The number of amides is 1. The molecule has 2 bridgehead atoms. The number of rotatable bonds is 15. The van der Waals surface area contributed by atoms with Crippen molar-refractivity contribution in [2.45, 2.75) is 121 Å². The number of anilines is 1. The molecule has 2 saturated heterocycles. The molecule has 0 N–H and O–H groups in total. The van der Waals surface area contributed by atoms with Gasteiger partial charge in [0.1, 0.15) is 24.9 Å². The Morgan fingerprint density at radius 2 is 1.51 bits per heavy atom. The topological polar surface area (TPSA) is 94.3 Å². The number of carbonyl (C=O) groups excluding carboxylic acids is 1. The molecule has 12 heteroatoms. The number of hydrogen-bond acceptors (Lipinski definition) is 8. The summed E-state index contributed by atoms with van der Waals surface area (Å²) in [6.07, 6.45) is 9.04.